The van der Waals surface area contributed by atoms with Gasteiger partial charge in [0.25, 0.3) is 0 Å². The molecular weight excluding hydrogens is 628 g/mol. The minimum absolute atomic E-state index is 0.00751. The molecule has 1 aliphatic heterocycles. The third kappa shape index (κ3) is 5.75. The lowest BCUT2D eigenvalue weighted by atomic mass is 9.45. The number of aliphatic carboxylic acids is 3. The van der Waals surface area contributed by atoms with Crippen LogP contribution in [0.5, 0.6) is 11.5 Å². The second kappa shape index (κ2) is 12.5. The molecule has 0 aromatic heterocycles. The zero-order valence-corrected chi connectivity index (χ0v) is 25.4. The molecule has 1 aromatic rings. The van der Waals surface area contributed by atoms with Crippen molar-refractivity contribution in [2.24, 2.45) is 11.8 Å². The summed E-state index contributed by atoms with van der Waals surface area (Å²) in [5.74, 6) is -8.63. The Morgan fingerprint density at radius 1 is 0.979 bits per heavy atom. The van der Waals surface area contributed by atoms with Crippen LogP contribution in [0, 0.1) is 11.8 Å². The summed E-state index contributed by atoms with van der Waals surface area (Å²) in [5, 5.41) is 49.0. The van der Waals surface area contributed by atoms with Crippen molar-refractivity contribution in [3.63, 3.8) is 0 Å². The fourth-order valence-corrected chi connectivity index (χ4v) is 7.47. The number of benzene rings is 1. The van der Waals surface area contributed by atoms with Gasteiger partial charge >= 0.3 is 35.8 Å². The van der Waals surface area contributed by atoms with E-state index >= 15 is 0 Å². The van der Waals surface area contributed by atoms with E-state index in [1.54, 1.807) is 6.07 Å². The molecule has 254 valence electrons. The zero-order valence-electron chi connectivity index (χ0n) is 25.4. The summed E-state index contributed by atoms with van der Waals surface area (Å²) >= 11 is 0. The van der Waals surface area contributed by atoms with E-state index in [2.05, 4.69) is 6.92 Å². The van der Waals surface area contributed by atoms with Gasteiger partial charge in [-0.1, -0.05) is 13.0 Å². The summed E-state index contributed by atoms with van der Waals surface area (Å²) < 4.78 is 27.2. The Kier molecular flexibility index (Phi) is 8.94. The molecule has 1 saturated carbocycles. The van der Waals surface area contributed by atoms with Crippen molar-refractivity contribution in [1.29, 1.82) is 0 Å². The number of aliphatic hydroxyl groups is 2. The molecule has 0 radical (unpaired) electrons. The summed E-state index contributed by atoms with van der Waals surface area (Å²) in [5.41, 5.74) is -0.502. The van der Waals surface area contributed by atoms with E-state index in [0.717, 1.165) is 17.5 Å². The largest absolute Gasteiger partial charge is 0.493 e. The van der Waals surface area contributed by atoms with E-state index in [9.17, 15) is 44.1 Å². The van der Waals surface area contributed by atoms with E-state index in [1.807, 2.05) is 6.07 Å². The highest BCUT2D eigenvalue weighted by atomic mass is 16.6. The molecule has 0 amide bonds. The van der Waals surface area contributed by atoms with Crippen LogP contribution in [0.3, 0.4) is 0 Å². The zero-order chi connectivity index (χ0) is 34.4. The SMILES string of the molecule is COc1ccc2c3c1O[C@H]1C(OC(=O)C[C@H](OC(=O)C[C@H](O)C(=O)O)C(=O)O[C@@H](CC(=O)O)C(=O)O)=CC[C@@]4(O)[C@@H](C2)C(C)CC[C@]314. The molecule has 16 heteroatoms. The van der Waals surface area contributed by atoms with E-state index in [0.29, 0.717) is 24.3 Å². The van der Waals surface area contributed by atoms with Crippen LogP contribution in [0.25, 0.3) is 0 Å². The van der Waals surface area contributed by atoms with Gasteiger partial charge in [-0.05, 0) is 55.2 Å². The Morgan fingerprint density at radius 3 is 2.34 bits per heavy atom. The molecule has 1 unspecified atom stereocenters. The number of ether oxygens (including phenoxy) is 5. The van der Waals surface area contributed by atoms with Gasteiger partial charge in [0.05, 0.1) is 37.4 Å². The van der Waals surface area contributed by atoms with Gasteiger partial charge < -0.3 is 49.2 Å². The number of esters is 3. The minimum atomic E-state index is -2.23. The number of aliphatic hydroxyl groups excluding tert-OH is 1. The molecule has 2 bridgehead atoms. The number of carbonyl (C=O) groups excluding carboxylic acids is 3. The molecule has 16 nitrogen and oxygen atoms in total. The molecule has 1 heterocycles. The molecule has 1 fully saturated rings. The first kappa shape index (κ1) is 33.7. The lowest BCUT2D eigenvalue weighted by Crippen LogP contribution is -2.69. The molecule has 8 atom stereocenters. The number of methoxy groups -OCH3 is 1. The molecule has 1 spiro atoms. The molecule has 0 saturated heterocycles. The summed E-state index contributed by atoms with van der Waals surface area (Å²) in [4.78, 5) is 72.1. The second-order valence-corrected chi connectivity index (χ2v) is 12.2. The molecule has 47 heavy (non-hydrogen) atoms. The third-order valence-corrected chi connectivity index (χ3v) is 9.60. The third-order valence-electron chi connectivity index (χ3n) is 9.60. The molecule has 1 aromatic carbocycles. The summed E-state index contributed by atoms with van der Waals surface area (Å²) in [6.07, 6.45) is -7.56. The Hall–Kier alpha value is -4.70. The van der Waals surface area contributed by atoms with E-state index < -0.39 is 90.5 Å². The van der Waals surface area contributed by atoms with E-state index in [4.69, 9.17) is 33.9 Å². The van der Waals surface area contributed by atoms with Crippen LogP contribution in [0.15, 0.2) is 24.0 Å². The second-order valence-electron chi connectivity index (χ2n) is 12.2. The van der Waals surface area contributed by atoms with E-state index in [1.165, 1.54) is 13.2 Å². The highest BCUT2D eigenvalue weighted by molar-refractivity contribution is 5.88. The van der Waals surface area contributed by atoms with Crippen LogP contribution in [-0.2, 0) is 54.8 Å². The van der Waals surface area contributed by atoms with Crippen LogP contribution in [0.1, 0.15) is 56.6 Å². The first-order chi connectivity index (χ1) is 22.1. The lowest BCUT2D eigenvalue weighted by molar-refractivity contribution is -0.182. The number of rotatable bonds is 13. The van der Waals surface area contributed by atoms with Gasteiger partial charge in [-0.2, -0.15) is 0 Å². The Labute approximate surface area is 266 Å². The van der Waals surface area contributed by atoms with Crippen LogP contribution >= 0.6 is 0 Å². The van der Waals surface area contributed by atoms with Gasteiger partial charge in [-0.15, -0.1) is 0 Å². The quantitative estimate of drug-likeness (QED) is 0.142. The fraction of sp³-hybridized carbons (Fsp3) is 0.548. The summed E-state index contributed by atoms with van der Waals surface area (Å²) in [6.45, 7) is 2.08. The maximum atomic E-state index is 13.3. The predicted molar refractivity (Wildman–Crippen MR) is 151 cm³/mol. The average molecular weight is 663 g/mol. The van der Waals surface area contributed by atoms with Gasteiger partial charge in [0.2, 0.25) is 12.2 Å². The van der Waals surface area contributed by atoms with Crippen molar-refractivity contribution in [2.75, 3.05) is 7.11 Å². The molecule has 5 rings (SSSR count). The number of carboxylic acids is 3. The minimum Gasteiger partial charge on any atom is -0.493 e. The van der Waals surface area contributed by atoms with Gasteiger partial charge in [0.1, 0.15) is 5.76 Å². The fourth-order valence-electron chi connectivity index (χ4n) is 7.47. The monoisotopic (exact) mass is 662 g/mol. The van der Waals surface area contributed by atoms with Crippen LogP contribution < -0.4 is 9.47 Å². The topological polar surface area (TPSA) is 250 Å². The smallest absolute Gasteiger partial charge is 0.348 e. The van der Waals surface area contributed by atoms with Crippen LogP contribution in [0.4, 0.5) is 0 Å². The van der Waals surface area contributed by atoms with Gasteiger partial charge in [0.15, 0.2) is 23.7 Å². The van der Waals surface area contributed by atoms with Gasteiger partial charge in [0, 0.05) is 5.56 Å². The first-order valence-corrected chi connectivity index (χ1v) is 14.9. The normalized spacial score (nSPS) is 28.3. The number of hydrogen-bond acceptors (Lipinski definition) is 13. The first-order valence-electron chi connectivity index (χ1n) is 14.9. The van der Waals surface area contributed by atoms with Crippen molar-refractivity contribution in [1.82, 2.24) is 0 Å². The summed E-state index contributed by atoms with van der Waals surface area (Å²) in [6, 6.07) is 3.70. The predicted octanol–water partition coefficient (Wildman–Crippen LogP) is 0.467. The molecule has 4 aliphatic rings. The van der Waals surface area contributed by atoms with Crippen molar-refractivity contribution in [3.05, 3.63) is 35.1 Å². The van der Waals surface area contributed by atoms with Gasteiger partial charge in [-0.3, -0.25) is 14.4 Å². The average Bonchev–Trinajstić information content (AvgIpc) is 3.35. The number of carbonyl (C=O) groups is 6. The highest BCUT2D eigenvalue weighted by Gasteiger charge is 2.72. The highest BCUT2D eigenvalue weighted by Crippen LogP contribution is 2.68. The van der Waals surface area contributed by atoms with Crippen molar-refractivity contribution in [2.45, 2.75) is 87.3 Å². The van der Waals surface area contributed by atoms with Crippen molar-refractivity contribution >= 4 is 35.8 Å². The van der Waals surface area contributed by atoms with Crippen molar-refractivity contribution < 1.29 is 78.0 Å². The Bertz CT molecular complexity index is 1550. The Balaban J connectivity index is 1.41. The number of hydrogen-bond donors (Lipinski definition) is 5. The van der Waals surface area contributed by atoms with Crippen molar-refractivity contribution in [3.8, 4) is 11.5 Å². The number of carboxylic acid groups (broad SMARTS) is 3. The molecule has 5 N–H and O–H groups in total. The maximum Gasteiger partial charge on any atom is 0.348 e. The van der Waals surface area contributed by atoms with Crippen LogP contribution in [0.2, 0.25) is 0 Å². The summed E-state index contributed by atoms with van der Waals surface area (Å²) in [7, 11) is 1.47. The lowest BCUT2D eigenvalue weighted by Gasteiger charge is -2.61. The molecule has 3 aliphatic carbocycles. The van der Waals surface area contributed by atoms with Gasteiger partial charge in [-0.25, -0.2) is 14.4 Å². The Morgan fingerprint density at radius 2 is 1.70 bits per heavy atom. The van der Waals surface area contributed by atoms with Crippen LogP contribution in [-0.4, -0.2) is 98.5 Å². The standard InChI is InChI=1S/C31H34O16/c1-13-5-7-30-24-14-3-4-17(43-2)25(24)47-26(30)18(6-8-31(30,42)15(13)9-14)44-23(36)12-20(45-22(35)10-16(32)27(37)38)29(41)46-19(28(39)40)11-21(33)34/h3-4,6,13,15-16,19-20,26,32,42H,5,7-12H2,1-2H3,(H,33,34)(H,37,38)(H,39,40)/t13?,15-,16-,19-,20-,26-,30-,31+/m0/s1. The van der Waals surface area contributed by atoms with E-state index in [-0.39, 0.29) is 24.0 Å². The molecular formula is C31H34O16. The maximum absolute atomic E-state index is 13.3.